The molecule has 1 aromatic heterocycles. The van der Waals surface area contributed by atoms with E-state index in [9.17, 15) is 5.11 Å². The molecule has 0 saturated carbocycles. The summed E-state index contributed by atoms with van der Waals surface area (Å²) in [6.45, 7) is 4.73. The van der Waals surface area contributed by atoms with Crippen LogP contribution in [0.15, 0.2) is 12.4 Å². The van der Waals surface area contributed by atoms with Gasteiger partial charge in [0, 0.05) is 31.9 Å². The summed E-state index contributed by atoms with van der Waals surface area (Å²) in [5, 5.41) is 13.4. The van der Waals surface area contributed by atoms with E-state index in [0.29, 0.717) is 13.0 Å². The topological polar surface area (TPSA) is 50.1 Å². The number of aryl methyl sites for hydroxylation is 1. The summed E-state index contributed by atoms with van der Waals surface area (Å²) >= 11 is 0. The Balaban J connectivity index is 2.06. The molecule has 1 aliphatic heterocycles. The first-order chi connectivity index (χ1) is 7.23. The average molecular weight is 209 g/mol. The van der Waals surface area contributed by atoms with Gasteiger partial charge in [0.25, 0.3) is 0 Å². The maximum Gasteiger partial charge on any atom is 0.111 e. The van der Waals surface area contributed by atoms with E-state index in [-0.39, 0.29) is 0 Å². The Bertz CT molecular complexity index is 315. The summed E-state index contributed by atoms with van der Waals surface area (Å²) in [6, 6.07) is 0. The SMILES string of the molecule is CCCn1ccnc1CC1(O)CCNC1. The van der Waals surface area contributed by atoms with Gasteiger partial charge in [0.15, 0.2) is 0 Å². The molecule has 4 nitrogen and oxygen atoms in total. The third-order valence-corrected chi connectivity index (χ3v) is 2.97. The largest absolute Gasteiger partial charge is 0.388 e. The molecule has 84 valence electrons. The van der Waals surface area contributed by atoms with Gasteiger partial charge in [-0.2, -0.15) is 0 Å². The van der Waals surface area contributed by atoms with Crippen LogP contribution in [0, 0.1) is 0 Å². The van der Waals surface area contributed by atoms with Crippen LogP contribution in [-0.2, 0) is 13.0 Å². The fourth-order valence-corrected chi connectivity index (χ4v) is 2.13. The van der Waals surface area contributed by atoms with Crippen molar-refractivity contribution < 1.29 is 5.11 Å². The zero-order chi connectivity index (χ0) is 10.7. The van der Waals surface area contributed by atoms with Crippen molar-refractivity contribution in [3.8, 4) is 0 Å². The zero-order valence-electron chi connectivity index (χ0n) is 9.24. The minimum atomic E-state index is -0.586. The van der Waals surface area contributed by atoms with Gasteiger partial charge in [0.05, 0.1) is 5.60 Å². The van der Waals surface area contributed by atoms with Gasteiger partial charge in [-0.15, -0.1) is 0 Å². The first-order valence-corrected chi connectivity index (χ1v) is 5.67. The second kappa shape index (κ2) is 4.33. The molecular formula is C11H19N3O. The quantitative estimate of drug-likeness (QED) is 0.762. The van der Waals surface area contributed by atoms with E-state index < -0.39 is 5.60 Å². The Morgan fingerprint density at radius 2 is 2.53 bits per heavy atom. The first-order valence-electron chi connectivity index (χ1n) is 5.67. The number of rotatable bonds is 4. The average Bonchev–Trinajstić information content (AvgIpc) is 2.78. The van der Waals surface area contributed by atoms with Gasteiger partial charge in [0.2, 0.25) is 0 Å². The molecule has 0 spiro atoms. The summed E-state index contributed by atoms with van der Waals surface area (Å²) in [6.07, 6.45) is 6.39. The number of imidazole rings is 1. The van der Waals surface area contributed by atoms with Crippen LogP contribution in [0.5, 0.6) is 0 Å². The molecule has 1 aromatic rings. The van der Waals surface area contributed by atoms with Crippen molar-refractivity contribution in [2.45, 2.75) is 38.3 Å². The van der Waals surface area contributed by atoms with E-state index in [4.69, 9.17) is 0 Å². The molecule has 2 rings (SSSR count). The second-order valence-electron chi connectivity index (χ2n) is 4.36. The van der Waals surface area contributed by atoms with E-state index >= 15 is 0 Å². The molecule has 1 atom stereocenters. The Morgan fingerprint density at radius 1 is 1.67 bits per heavy atom. The molecule has 0 radical (unpaired) electrons. The van der Waals surface area contributed by atoms with Gasteiger partial charge >= 0.3 is 0 Å². The number of hydrogen-bond acceptors (Lipinski definition) is 3. The Kier molecular flexibility index (Phi) is 3.07. The number of nitrogens with zero attached hydrogens (tertiary/aromatic N) is 2. The highest BCUT2D eigenvalue weighted by Gasteiger charge is 2.32. The van der Waals surface area contributed by atoms with Gasteiger partial charge in [-0.05, 0) is 19.4 Å². The summed E-state index contributed by atoms with van der Waals surface area (Å²) in [5.74, 6) is 1.00. The van der Waals surface area contributed by atoms with Crippen molar-refractivity contribution in [1.29, 1.82) is 0 Å². The minimum Gasteiger partial charge on any atom is -0.388 e. The predicted octanol–water partition coefficient (Wildman–Crippen LogP) is 0.560. The van der Waals surface area contributed by atoms with E-state index in [1.54, 1.807) is 0 Å². The van der Waals surface area contributed by atoms with Crippen LogP contribution in [0.3, 0.4) is 0 Å². The highest BCUT2D eigenvalue weighted by Crippen LogP contribution is 2.19. The summed E-state index contributed by atoms with van der Waals surface area (Å²) in [7, 11) is 0. The lowest BCUT2D eigenvalue weighted by molar-refractivity contribution is 0.0589. The van der Waals surface area contributed by atoms with Gasteiger partial charge < -0.3 is 15.0 Å². The lowest BCUT2D eigenvalue weighted by Gasteiger charge is -2.21. The van der Waals surface area contributed by atoms with Crippen LogP contribution in [-0.4, -0.2) is 33.3 Å². The van der Waals surface area contributed by atoms with Crippen LogP contribution in [0.2, 0.25) is 0 Å². The summed E-state index contributed by atoms with van der Waals surface area (Å²) < 4.78 is 2.14. The van der Waals surface area contributed by atoms with Gasteiger partial charge in [0.1, 0.15) is 5.82 Å². The van der Waals surface area contributed by atoms with Crippen molar-refractivity contribution in [2.75, 3.05) is 13.1 Å². The maximum atomic E-state index is 10.2. The third-order valence-electron chi connectivity index (χ3n) is 2.97. The van der Waals surface area contributed by atoms with Crippen molar-refractivity contribution >= 4 is 0 Å². The smallest absolute Gasteiger partial charge is 0.111 e. The van der Waals surface area contributed by atoms with Crippen molar-refractivity contribution in [2.24, 2.45) is 0 Å². The van der Waals surface area contributed by atoms with Crippen LogP contribution >= 0.6 is 0 Å². The Hall–Kier alpha value is -0.870. The number of aromatic nitrogens is 2. The van der Waals surface area contributed by atoms with Crippen LogP contribution in [0.4, 0.5) is 0 Å². The van der Waals surface area contributed by atoms with Crippen LogP contribution in [0.25, 0.3) is 0 Å². The van der Waals surface area contributed by atoms with Gasteiger partial charge in [-0.3, -0.25) is 0 Å². The first kappa shape index (κ1) is 10.6. The molecule has 1 fully saturated rings. The predicted molar refractivity (Wildman–Crippen MR) is 58.7 cm³/mol. The van der Waals surface area contributed by atoms with Crippen LogP contribution < -0.4 is 5.32 Å². The Labute approximate surface area is 90.3 Å². The molecule has 0 bridgehead atoms. The highest BCUT2D eigenvalue weighted by atomic mass is 16.3. The van der Waals surface area contributed by atoms with Crippen molar-refractivity contribution in [3.05, 3.63) is 18.2 Å². The number of β-amino-alcohol motifs (C(OH)–C–C–N with tert-alkyl or cyclic N) is 1. The standard InChI is InChI=1S/C11H19N3O/c1-2-6-14-7-5-13-10(14)8-11(15)3-4-12-9-11/h5,7,12,15H,2-4,6,8-9H2,1H3. The zero-order valence-corrected chi connectivity index (χ0v) is 9.24. The monoisotopic (exact) mass is 209 g/mol. The van der Waals surface area contributed by atoms with Gasteiger partial charge in [-0.1, -0.05) is 6.92 Å². The summed E-state index contributed by atoms with van der Waals surface area (Å²) in [5.41, 5.74) is -0.586. The second-order valence-corrected chi connectivity index (χ2v) is 4.36. The molecule has 0 aromatic carbocycles. The third kappa shape index (κ3) is 2.38. The molecule has 1 aliphatic rings. The number of hydrogen-bond donors (Lipinski definition) is 2. The molecule has 0 aliphatic carbocycles. The minimum absolute atomic E-state index is 0.586. The number of aliphatic hydroxyl groups is 1. The van der Waals surface area contributed by atoms with Crippen molar-refractivity contribution in [1.82, 2.24) is 14.9 Å². The van der Waals surface area contributed by atoms with E-state index in [1.165, 1.54) is 0 Å². The molecule has 1 saturated heterocycles. The molecular weight excluding hydrogens is 190 g/mol. The normalized spacial score (nSPS) is 26.0. The maximum absolute atomic E-state index is 10.2. The summed E-state index contributed by atoms with van der Waals surface area (Å²) in [4.78, 5) is 4.32. The van der Waals surface area contributed by atoms with Gasteiger partial charge in [-0.25, -0.2) is 4.98 Å². The van der Waals surface area contributed by atoms with E-state index in [2.05, 4.69) is 21.8 Å². The Morgan fingerprint density at radius 3 is 3.20 bits per heavy atom. The van der Waals surface area contributed by atoms with E-state index in [0.717, 1.165) is 31.8 Å². The molecule has 2 heterocycles. The molecule has 0 amide bonds. The van der Waals surface area contributed by atoms with E-state index in [1.807, 2.05) is 12.4 Å². The number of nitrogens with one attached hydrogen (secondary N) is 1. The van der Waals surface area contributed by atoms with Crippen molar-refractivity contribution in [3.63, 3.8) is 0 Å². The van der Waals surface area contributed by atoms with Crippen LogP contribution in [0.1, 0.15) is 25.6 Å². The molecule has 1 unspecified atom stereocenters. The molecule has 15 heavy (non-hydrogen) atoms. The molecule has 2 N–H and O–H groups in total. The lowest BCUT2D eigenvalue weighted by atomic mass is 9.98. The fraction of sp³-hybridized carbons (Fsp3) is 0.727. The lowest BCUT2D eigenvalue weighted by Crippen LogP contribution is -2.34. The fourth-order valence-electron chi connectivity index (χ4n) is 2.13. The molecule has 4 heteroatoms. The highest BCUT2D eigenvalue weighted by molar-refractivity contribution is 5.01.